The minimum absolute atomic E-state index is 0.204. The van der Waals surface area contributed by atoms with Crippen LogP contribution in [-0.4, -0.2) is 20.7 Å². The van der Waals surface area contributed by atoms with Crippen molar-refractivity contribution in [3.63, 3.8) is 0 Å². The first-order valence-corrected chi connectivity index (χ1v) is 9.04. The van der Waals surface area contributed by atoms with Crippen molar-refractivity contribution in [3.8, 4) is 0 Å². The molecule has 3 rings (SSSR count). The van der Waals surface area contributed by atoms with Gasteiger partial charge in [-0.15, -0.1) is 0 Å². The third kappa shape index (κ3) is 4.67. The van der Waals surface area contributed by atoms with Crippen LogP contribution >= 0.6 is 0 Å². The number of amides is 1. The molecule has 0 aliphatic carbocycles. The maximum absolute atomic E-state index is 12.8. The van der Waals surface area contributed by atoms with Crippen molar-refractivity contribution < 1.29 is 4.79 Å². The van der Waals surface area contributed by atoms with Gasteiger partial charge in [-0.05, 0) is 30.2 Å². The van der Waals surface area contributed by atoms with Crippen molar-refractivity contribution in [1.82, 2.24) is 20.1 Å². The van der Waals surface area contributed by atoms with E-state index >= 15 is 0 Å². The number of nitrogens with one attached hydrogen (secondary N) is 1. The van der Waals surface area contributed by atoms with Gasteiger partial charge in [0.15, 0.2) is 0 Å². The van der Waals surface area contributed by atoms with Crippen LogP contribution in [-0.2, 0) is 6.54 Å². The van der Waals surface area contributed by atoms with Crippen LogP contribution in [0.3, 0.4) is 0 Å². The van der Waals surface area contributed by atoms with Gasteiger partial charge in [0.1, 0.15) is 5.69 Å². The lowest BCUT2D eigenvalue weighted by atomic mass is 10.0. The molecule has 1 unspecified atom stereocenters. The number of carbonyl (C=O) groups excluding carboxylic acids is 1. The van der Waals surface area contributed by atoms with Gasteiger partial charge < -0.3 is 5.32 Å². The molecule has 0 saturated heterocycles. The van der Waals surface area contributed by atoms with Gasteiger partial charge in [0.25, 0.3) is 11.5 Å². The van der Waals surface area contributed by atoms with E-state index in [4.69, 9.17) is 0 Å². The standard InChI is InChI=1S/C21H22N4O2/c1-2-3-15-25-19(26)13-12-18(24-25)21(27)23-20(16-9-5-4-6-10-16)17-11-7-8-14-22-17/h4-14,20H,2-3,15H2,1H3,(H,23,27). The molecule has 1 aromatic carbocycles. The molecule has 27 heavy (non-hydrogen) atoms. The summed E-state index contributed by atoms with van der Waals surface area (Å²) >= 11 is 0. The van der Waals surface area contributed by atoms with E-state index in [1.54, 1.807) is 6.20 Å². The Kier molecular flexibility index (Phi) is 6.10. The molecule has 2 aromatic heterocycles. The molecule has 0 radical (unpaired) electrons. The molecule has 6 heteroatoms. The molecule has 0 fully saturated rings. The molecule has 6 nitrogen and oxygen atoms in total. The fourth-order valence-electron chi connectivity index (χ4n) is 2.76. The Morgan fingerprint density at radius 2 is 1.85 bits per heavy atom. The lowest BCUT2D eigenvalue weighted by Gasteiger charge is -2.18. The van der Waals surface area contributed by atoms with E-state index in [1.165, 1.54) is 16.8 Å². The molecule has 0 bridgehead atoms. The van der Waals surface area contributed by atoms with Gasteiger partial charge in [0, 0.05) is 18.8 Å². The number of benzene rings is 1. The van der Waals surface area contributed by atoms with Gasteiger partial charge in [-0.2, -0.15) is 5.10 Å². The molecular formula is C21H22N4O2. The maximum atomic E-state index is 12.8. The number of aryl methyl sites for hydroxylation is 1. The molecule has 1 amide bonds. The van der Waals surface area contributed by atoms with Crippen molar-refractivity contribution in [2.45, 2.75) is 32.4 Å². The number of carbonyl (C=O) groups is 1. The quantitative estimate of drug-likeness (QED) is 0.701. The van der Waals surface area contributed by atoms with E-state index in [0.29, 0.717) is 6.54 Å². The highest BCUT2D eigenvalue weighted by Crippen LogP contribution is 2.20. The van der Waals surface area contributed by atoms with E-state index in [9.17, 15) is 9.59 Å². The minimum atomic E-state index is -0.405. The summed E-state index contributed by atoms with van der Waals surface area (Å²) in [5.41, 5.74) is 1.66. The van der Waals surface area contributed by atoms with Gasteiger partial charge in [0.05, 0.1) is 11.7 Å². The van der Waals surface area contributed by atoms with E-state index in [-0.39, 0.29) is 17.2 Å². The van der Waals surface area contributed by atoms with Crippen LogP contribution in [0.15, 0.2) is 71.7 Å². The molecule has 0 aliphatic rings. The Hall–Kier alpha value is -3.28. The number of rotatable bonds is 7. The summed E-state index contributed by atoms with van der Waals surface area (Å²) in [5, 5.41) is 7.21. The first-order valence-electron chi connectivity index (χ1n) is 9.04. The number of pyridine rings is 1. The van der Waals surface area contributed by atoms with Gasteiger partial charge in [-0.1, -0.05) is 49.7 Å². The third-order valence-electron chi connectivity index (χ3n) is 4.21. The summed E-state index contributed by atoms with van der Waals surface area (Å²) in [6.45, 7) is 2.54. The van der Waals surface area contributed by atoms with Crippen LogP contribution < -0.4 is 10.9 Å². The molecule has 2 heterocycles. The summed E-state index contributed by atoms with van der Waals surface area (Å²) in [5.74, 6) is -0.347. The fourth-order valence-corrected chi connectivity index (χ4v) is 2.76. The van der Waals surface area contributed by atoms with Crippen molar-refractivity contribution in [1.29, 1.82) is 0 Å². The Bertz CT molecular complexity index is 900. The Morgan fingerprint density at radius 3 is 2.56 bits per heavy atom. The zero-order chi connectivity index (χ0) is 19.1. The van der Waals surface area contributed by atoms with Crippen LogP contribution in [0.4, 0.5) is 0 Å². The van der Waals surface area contributed by atoms with Crippen LogP contribution in [0.2, 0.25) is 0 Å². The number of unbranched alkanes of at least 4 members (excludes halogenated alkanes) is 1. The third-order valence-corrected chi connectivity index (χ3v) is 4.21. The van der Waals surface area contributed by atoms with Gasteiger partial charge in [0.2, 0.25) is 0 Å². The Balaban J connectivity index is 1.88. The highest BCUT2D eigenvalue weighted by Gasteiger charge is 2.20. The van der Waals surface area contributed by atoms with Crippen LogP contribution in [0, 0.1) is 0 Å². The number of hydrogen-bond donors (Lipinski definition) is 1. The predicted octanol–water partition coefficient (Wildman–Crippen LogP) is 2.96. The smallest absolute Gasteiger partial charge is 0.272 e. The molecule has 0 aliphatic heterocycles. The largest absolute Gasteiger partial charge is 0.338 e. The zero-order valence-electron chi connectivity index (χ0n) is 15.2. The summed E-state index contributed by atoms with van der Waals surface area (Å²) < 4.78 is 1.34. The lowest BCUT2D eigenvalue weighted by molar-refractivity contribution is 0.0934. The molecule has 138 valence electrons. The first-order chi connectivity index (χ1) is 13.2. The van der Waals surface area contributed by atoms with E-state index < -0.39 is 6.04 Å². The summed E-state index contributed by atoms with van der Waals surface area (Å²) in [6, 6.07) is 17.7. The molecule has 3 aromatic rings. The zero-order valence-corrected chi connectivity index (χ0v) is 15.2. The molecule has 1 atom stereocenters. The molecular weight excluding hydrogens is 340 g/mol. The fraction of sp³-hybridized carbons (Fsp3) is 0.238. The van der Waals surface area contributed by atoms with Crippen molar-refractivity contribution >= 4 is 5.91 Å². The van der Waals surface area contributed by atoms with Crippen molar-refractivity contribution in [3.05, 3.63) is 94.2 Å². The Labute approximate surface area is 157 Å². The van der Waals surface area contributed by atoms with E-state index in [1.807, 2.05) is 55.5 Å². The van der Waals surface area contributed by atoms with Crippen LogP contribution in [0.1, 0.15) is 47.6 Å². The van der Waals surface area contributed by atoms with Crippen molar-refractivity contribution in [2.24, 2.45) is 0 Å². The lowest BCUT2D eigenvalue weighted by Crippen LogP contribution is -2.33. The number of hydrogen-bond acceptors (Lipinski definition) is 4. The minimum Gasteiger partial charge on any atom is -0.338 e. The molecule has 1 N–H and O–H groups in total. The Morgan fingerprint density at radius 1 is 1.07 bits per heavy atom. The van der Waals surface area contributed by atoms with Gasteiger partial charge in [-0.3, -0.25) is 14.6 Å². The highest BCUT2D eigenvalue weighted by molar-refractivity contribution is 5.92. The number of nitrogens with zero attached hydrogens (tertiary/aromatic N) is 3. The maximum Gasteiger partial charge on any atom is 0.272 e. The van der Waals surface area contributed by atoms with Gasteiger partial charge >= 0.3 is 0 Å². The summed E-state index contributed by atoms with van der Waals surface area (Å²) in [7, 11) is 0. The average Bonchev–Trinajstić information content (AvgIpc) is 2.72. The highest BCUT2D eigenvalue weighted by atomic mass is 16.2. The second-order valence-corrected chi connectivity index (χ2v) is 6.21. The van der Waals surface area contributed by atoms with Gasteiger partial charge in [-0.25, -0.2) is 4.68 Å². The molecule has 0 spiro atoms. The molecule has 0 saturated carbocycles. The second-order valence-electron chi connectivity index (χ2n) is 6.21. The summed E-state index contributed by atoms with van der Waals surface area (Å²) in [4.78, 5) is 29.1. The second kappa shape index (κ2) is 8.89. The number of aromatic nitrogens is 3. The van der Waals surface area contributed by atoms with E-state index in [2.05, 4.69) is 15.4 Å². The normalized spacial score (nSPS) is 11.7. The SMILES string of the molecule is CCCCn1nc(C(=O)NC(c2ccccc2)c2ccccn2)ccc1=O. The topological polar surface area (TPSA) is 76.9 Å². The van der Waals surface area contributed by atoms with Crippen LogP contribution in [0.25, 0.3) is 0 Å². The van der Waals surface area contributed by atoms with Crippen molar-refractivity contribution in [2.75, 3.05) is 0 Å². The average molecular weight is 362 g/mol. The predicted molar refractivity (Wildman–Crippen MR) is 103 cm³/mol. The summed E-state index contributed by atoms with van der Waals surface area (Å²) in [6.07, 6.45) is 3.47. The van der Waals surface area contributed by atoms with Crippen LogP contribution in [0.5, 0.6) is 0 Å². The first kappa shape index (κ1) is 18.5. The van der Waals surface area contributed by atoms with E-state index in [0.717, 1.165) is 24.1 Å². The monoisotopic (exact) mass is 362 g/mol.